The third-order valence-corrected chi connectivity index (χ3v) is 7.14. The lowest BCUT2D eigenvalue weighted by Gasteiger charge is -2.40. The van der Waals surface area contributed by atoms with Gasteiger partial charge < -0.3 is 15.1 Å². The Labute approximate surface area is 211 Å². The summed E-state index contributed by atoms with van der Waals surface area (Å²) in [5.41, 5.74) is 5.85. The van der Waals surface area contributed by atoms with E-state index >= 15 is 0 Å². The number of benzene rings is 4. The van der Waals surface area contributed by atoms with E-state index in [9.17, 15) is 9.59 Å². The minimum absolute atomic E-state index is 0.0127. The van der Waals surface area contributed by atoms with Crippen LogP contribution in [0.1, 0.15) is 33.6 Å². The van der Waals surface area contributed by atoms with Gasteiger partial charge in [-0.1, -0.05) is 60.7 Å². The summed E-state index contributed by atoms with van der Waals surface area (Å²) in [5.74, 6) is -0.193. The molecule has 0 bridgehead atoms. The van der Waals surface area contributed by atoms with Crippen molar-refractivity contribution in [1.29, 1.82) is 0 Å². The highest BCUT2D eigenvalue weighted by molar-refractivity contribution is 6.10. The summed E-state index contributed by atoms with van der Waals surface area (Å²) >= 11 is 0. The molecule has 0 aromatic heterocycles. The number of carbonyl (C=O) groups is 2. The fraction of sp³-hybridized carbons (Fsp3) is 0.161. The van der Waals surface area contributed by atoms with Crippen LogP contribution in [0.25, 0.3) is 11.1 Å². The summed E-state index contributed by atoms with van der Waals surface area (Å²) in [4.78, 5) is 31.0. The van der Waals surface area contributed by atoms with E-state index < -0.39 is 0 Å². The maximum absolute atomic E-state index is 13.5. The van der Waals surface area contributed by atoms with Gasteiger partial charge in [-0.05, 0) is 66.4 Å². The molecule has 2 aliphatic heterocycles. The van der Waals surface area contributed by atoms with E-state index in [4.69, 9.17) is 0 Å². The lowest BCUT2D eigenvalue weighted by Crippen LogP contribution is -2.48. The van der Waals surface area contributed by atoms with Crippen molar-refractivity contribution in [2.24, 2.45) is 0 Å². The number of fused-ring (bicyclic) bond motifs is 3. The van der Waals surface area contributed by atoms with Crippen LogP contribution in [-0.4, -0.2) is 30.9 Å². The molecule has 5 heteroatoms. The monoisotopic (exact) mass is 473 g/mol. The van der Waals surface area contributed by atoms with Gasteiger partial charge in [-0.15, -0.1) is 0 Å². The first-order chi connectivity index (χ1) is 17.7. The Bertz CT molecular complexity index is 1420. The normalized spacial score (nSPS) is 16.3. The number of rotatable bonds is 4. The SMILES string of the molecule is O=C(Nc1ccc(C(=O)N2C[C@H]3CCCN3c3ccccc32)cc1)c1ccccc1-c1ccccc1. The molecule has 1 atom stereocenters. The van der Waals surface area contributed by atoms with Gasteiger partial charge >= 0.3 is 0 Å². The van der Waals surface area contributed by atoms with E-state index in [0.29, 0.717) is 29.4 Å². The zero-order valence-corrected chi connectivity index (χ0v) is 19.9. The Balaban J connectivity index is 1.21. The van der Waals surface area contributed by atoms with E-state index in [1.807, 2.05) is 77.7 Å². The van der Waals surface area contributed by atoms with Crippen molar-refractivity contribution in [1.82, 2.24) is 0 Å². The van der Waals surface area contributed by atoms with Crippen LogP contribution in [0, 0.1) is 0 Å². The van der Waals surface area contributed by atoms with Crippen molar-refractivity contribution in [3.05, 3.63) is 114 Å². The Morgan fingerprint density at radius 3 is 2.25 bits per heavy atom. The highest BCUT2D eigenvalue weighted by Crippen LogP contribution is 2.39. The lowest BCUT2D eigenvalue weighted by molar-refractivity contribution is 0.0983. The van der Waals surface area contributed by atoms with Crippen molar-refractivity contribution in [3.8, 4) is 11.1 Å². The van der Waals surface area contributed by atoms with Gasteiger partial charge in [0.15, 0.2) is 0 Å². The molecule has 1 N–H and O–H groups in total. The minimum atomic E-state index is -0.181. The molecular formula is C31H27N3O2. The van der Waals surface area contributed by atoms with Crippen molar-refractivity contribution in [2.45, 2.75) is 18.9 Å². The summed E-state index contributed by atoms with van der Waals surface area (Å²) in [6.07, 6.45) is 2.26. The zero-order chi connectivity index (χ0) is 24.5. The molecule has 178 valence electrons. The fourth-order valence-electron chi connectivity index (χ4n) is 5.38. The maximum Gasteiger partial charge on any atom is 0.258 e. The van der Waals surface area contributed by atoms with Gasteiger partial charge in [0, 0.05) is 35.9 Å². The Hall–Kier alpha value is -4.38. The molecule has 1 fully saturated rings. The molecule has 1 saturated heterocycles. The number of nitrogens with zero attached hydrogens (tertiary/aromatic N) is 2. The zero-order valence-electron chi connectivity index (χ0n) is 19.9. The summed E-state index contributed by atoms with van der Waals surface area (Å²) < 4.78 is 0. The Morgan fingerprint density at radius 1 is 0.750 bits per heavy atom. The predicted molar refractivity (Wildman–Crippen MR) is 145 cm³/mol. The second-order valence-corrected chi connectivity index (χ2v) is 9.34. The van der Waals surface area contributed by atoms with Crippen LogP contribution in [0.4, 0.5) is 17.1 Å². The van der Waals surface area contributed by atoms with Crippen LogP contribution in [0.5, 0.6) is 0 Å². The molecule has 2 heterocycles. The topological polar surface area (TPSA) is 52.7 Å². The van der Waals surface area contributed by atoms with Crippen LogP contribution in [-0.2, 0) is 0 Å². The van der Waals surface area contributed by atoms with Crippen LogP contribution in [0.2, 0.25) is 0 Å². The average molecular weight is 474 g/mol. The number of amides is 2. The molecule has 6 rings (SSSR count). The molecule has 5 nitrogen and oxygen atoms in total. The molecular weight excluding hydrogens is 446 g/mol. The molecule has 0 unspecified atom stereocenters. The highest BCUT2D eigenvalue weighted by atomic mass is 16.2. The molecule has 2 aliphatic rings. The van der Waals surface area contributed by atoms with Crippen LogP contribution >= 0.6 is 0 Å². The average Bonchev–Trinajstić information content (AvgIpc) is 3.42. The minimum Gasteiger partial charge on any atom is -0.365 e. The van der Waals surface area contributed by atoms with Crippen molar-refractivity contribution in [3.63, 3.8) is 0 Å². The fourth-order valence-corrected chi connectivity index (χ4v) is 5.38. The molecule has 0 radical (unpaired) electrons. The second kappa shape index (κ2) is 9.34. The first-order valence-corrected chi connectivity index (χ1v) is 12.4. The van der Waals surface area contributed by atoms with E-state index in [-0.39, 0.29) is 11.8 Å². The van der Waals surface area contributed by atoms with Gasteiger partial charge in [0.25, 0.3) is 11.8 Å². The summed E-state index contributed by atoms with van der Waals surface area (Å²) in [5, 5.41) is 2.99. The third-order valence-electron chi connectivity index (χ3n) is 7.14. The van der Waals surface area contributed by atoms with E-state index in [1.54, 1.807) is 24.3 Å². The number of para-hydroxylation sites is 2. The molecule has 0 saturated carbocycles. The summed E-state index contributed by atoms with van der Waals surface area (Å²) in [6.45, 7) is 1.75. The molecule has 36 heavy (non-hydrogen) atoms. The Morgan fingerprint density at radius 2 is 1.44 bits per heavy atom. The van der Waals surface area contributed by atoms with Crippen LogP contribution in [0.15, 0.2) is 103 Å². The molecule has 4 aromatic rings. The lowest BCUT2D eigenvalue weighted by atomic mass is 9.99. The van der Waals surface area contributed by atoms with Gasteiger partial charge in [-0.2, -0.15) is 0 Å². The number of carbonyl (C=O) groups excluding carboxylic acids is 2. The van der Waals surface area contributed by atoms with Gasteiger partial charge in [-0.3, -0.25) is 9.59 Å². The molecule has 4 aromatic carbocycles. The first-order valence-electron chi connectivity index (χ1n) is 12.4. The van der Waals surface area contributed by atoms with Gasteiger partial charge in [0.1, 0.15) is 0 Å². The highest BCUT2D eigenvalue weighted by Gasteiger charge is 2.36. The molecule has 0 spiro atoms. The summed E-state index contributed by atoms with van der Waals surface area (Å²) in [7, 11) is 0. The van der Waals surface area contributed by atoms with Gasteiger partial charge in [0.05, 0.1) is 11.4 Å². The number of nitrogens with one attached hydrogen (secondary N) is 1. The first kappa shape index (κ1) is 22.1. The van der Waals surface area contributed by atoms with E-state index in [2.05, 4.69) is 16.3 Å². The number of hydrogen-bond donors (Lipinski definition) is 1. The molecule has 0 aliphatic carbocycles. The second-order valence-electron chi connectivity index (χ2n) is 9.34. The standard InChI is InChI=1S/C31H27N3O2/c35-30(27-13-5-4-12-26(27)22-9-2-1-3-10-22)32-24-18-16-23(17-19-24)31(36)34-21-25-11-8-20-33(25)28-14-6-7-15-29(28)34/h1-7,9-10,12-19,25H,8,11,20-21H2,(H,32,35)/t25-/m1/s1. The van der Waals surface area contributed by atoms with Crippen molar-refractivity contribution >= 4 is 28.9 Å². The van der Waals surface area contributed by atoms with Gasteiger partial charge in [0.2, 0.25) is 0 Å². The van der Waals surface area contributed by atoms with Crippen LogP contribution in [0.3, 0.4) is 0 Å². The largest absolute Gasteiger partial charge is 0.365 e. The van der Waals surface area contributed by atoms with Crippen molar-refractivity contribution in [2.75, 3.05) is 28.2 Å². The van der Waals surface area contributed by atoms with Crippen molar-refractivity contribution < 1.29 is 9.59 Å². The summed E-state index contributed by atoms with van der Waals surface area (Å²) in [6, 6.07) is 33.2. The smallest absolute Gasteiger partial charge is 0.258 e. The van der Waals surface area contributed by atoms with E-state index in [1.165, 1.54) is 0 Å². The Kier molecular flexibility index (Phi) is 5.74. The third kappa shape index (κ3) is 4.03. The molecule has 2 amide bonds. The van der Waals surface area contributed by atoms with Crippen LogP contribution < -0.4 is 15.1 Å². The number of anilines is 3. The predicted octanol–water partition coefficient (Wildman–Crippen LogP) is 6.24. The maximum atomic E-state index is 13.5. The van der Waals surface area contributed by atoms with E-state index in [0.717, 1.165) is 41.9 Å². The van der Waals surface area contributed by atoms with Gasteiger partial charge in [-0.25, -0.2) is 0 Å². The number of hydrogen-bond acceptors (Lipinski definition) is 3. The quantitative estimate of drug-likeness (QED) is 0.382.